The Bertz CT molecular complexity index is 301. The molecule has 0 aromatic carbocycles. The molecule has 0 saturated carbocycles. The van der Waals surface area contributed by atoms with Crippen molar-refractivity contribution < 1.29 is 9.53 Å². The Kier molecular flexibility index (Phi) is 6.72. The predicted octanol–water partition coefficient (Wildman–Crippen LogP) is 2.93. The summed E-state index contributed by atoms with van der Waals surface area (Å²) in [6.07, 6.45) is 6.26. The van der Waals surface area contributed by atoms with Crippen LogP contribution in [0.1, 0.15) is 13.8 Å². The van der Waals surface area contributed by atoms with Gasteiger partial charge in [-0.15, -0.1) is 6.58 Å². The quantitative estimate of drug-likeness (QED) is 0.427. The smallest absolute Gasteiger partial charge is 0.411 e. The van der Waals surface area contributed by atoms with E-state index in [1.165, 1.54) is 0 Å². The fraction of sp³-hybridized carbons (Fsp3) is 0.250. The Morgan fingerprint density at radius 1 is 1.47 bits per heavy atom. The van der Waals surface area contributed by atoms with Gasteiger partial charge in [0, 0.05) is 6.54 Å². The fourth-order valence-corrected chi connectivity index (χ4v) is 0.712. The highest BCUT2D eigenvalue weighted by atomic mass is 16.6. The number of nitrogens with one attached hydrogen (secondary N) is 1. The van der Waals surface area contributed by atoms with Crippen LogP contribution in [0.25, 0.3) is 0 Å². The summed E-state index contributed by atoms with van der Waals surface area (Å²) in [7, 11) is 0. The number of hydrogen-bond acceptors (Lipinski definition) is 2. The molecule has 1 amide bonds. The van der Waals surface area contributed by atoms with Crippen molar-refractivity contribution in [2.45, 2.75) is 13.8 Å². The number of ether oxygens (including phenoxy) is 1. The molecule has 0 radical (unpaired) electrons. The standard InChI is InChI=1S/C12H17NO2/c1-5-9-13-12(14)15-11(6-2)8-7-10(3)4/h5-8H,1,3,9H2,2,4H3,(H,13,14)/b8-7-,11-6+. The summed E-state index contributed by atoms with van der Waals surface area (Å²) in [6.45, 7) is 11.2. The average molecular weight is 207 g/mol. The van der Waals surface area contributed by atoms with E-state index in [9.17, 15) is 4.79 Å². The maximum atomic E-state index is 11.1. The van der Waals surface area contributed by atoms with Crippen molar-refractivity contribution in [1.82, 2.24) is 5.32 Å². The molecule has 0 unspecified atom stereocenters. The van der Waals surface area contributed by atoms with Gasteiger partial charge >= 0.3 is 6.09 Å². The third kappa shape index (κ3) is 7.31. The predicted molar refractivity (Wildman–Crippen MR) is 62.4 cm³/mol. The van der Waals surface area contributed by atoms with Gasteiger partial charge in [-0.3, -0.25) is 0 Å². The topological polar surface area (TPSA) is 38.3 Å². The molecule has 1 N–H and O–H groups in total. The van der Waals surface area contributed by atoms with E-state index in [-0.39, 0.29) is 0 Å². The molecule has 0 bridgehead atoms. The van der Waals surface area contributed by atoms with Crippen LogP contribution in [-0.4, -0.2) is 12.6 Å². The summed E-state index contributed by atoms with van der Waals surface area (Å²) in [5, 5.41) is 2.51. The number of carbonyl (C=O) groups excluding carboxylic acids is 1. The molecule has 3 heteroatoms. The maximum absolute atomic E-state index is 11.1. The van der Waals surface area contributed by atoms with Gasteiger partial charge in [-0.2, -0.15) is 0 Å². The number of rotatable bonds is 5. The lowest BCUT2D eigenvalue weighted by molar-refractivity contribution is 0.180. The lowest BCUT2D eigenvalue weighted by atomic mass is 10.3. The van der Waals surface area contributed by atoms with E-state index in [4.69, 9.17) is 4.74 Å². The second-order valence-electron chi connectivity index (χ2n) is 2.93. The first-order valence-electron chi connectivity index (χ1n) is 4.66. The van der Waals surface area contributed by atoms with Crippen LogP contribution in [0.2, 0.25) is 0 Å². The Balaban J connectivity index is 4.17. The number of alkyl carbamates (subject to hydrolysis) is 1. The number of allylic oxidation sites excluding steroid dienone is 4. The summed E-state index contributed by atoms with van der Waals surface area (Å²) in [5.74, 6) is 0.486. The van der Waals surface area contributed by atoms with Gasteiger partial charge in [0.25, 0.3) is 0 Å². The van der Waals surface area contributed by atoms with Gasteiger partial charge in [-0.25, -0.2) is 4.79 Å². The number of carbonyl (C=O) groups is 1. The second kappa shape index (κ2) is 7.62. The minimum atomic E-state index is -0.491. The van der Waals surface area contributed by atoms with Crippen molar-refractivity contribution in [3.05, 3.63) is 48.8 Å². The van der Waals surface area contributed by atoms with Crippen LogP contribution in [0.4, 0.5) is 4.79 Å². The van der Waals surface area contributed by atoms with Crippen molar-refractivity contribution in [3.8, 4) is 0 Å². The van der Waals surface area contributed by atoms with Crippen LogP contribution in [-0.2, 0) is 4.74 Å². The molecule has 15 heavy (non-hydrogen) atoms. The highest BCUT2D eigenvalue weighted by molar-refractivity contribution is 5.69. The van der Waals surface area contributed by atoms with Gasteiger partial charge in [-0.05, 0) is 26.0 Å². The SMILES string of the molecule is C=CCNC(=O)OC(/C=C\C(=C)C)=C/C. The number of amides is 1. The van der Waals surface area contributed by atoms with E-state index in [2.05, 4.69) is 18.5 Å². The van der Waals surface area contributed by atoms with E-state index in [1.54, 1.807) is 31.2 Å². The van der Waals surface area contributed by atoms with Gasteiger partial charge in [0.1, 0.15) is 5.76 Å². The molecule has 82 valence electrons. The molecule has 0 aliphatic heterocycles. The minimum absolute atomic E-state index is 0.389. The highest BCUT2D eigenvalue weighted by Crippen LogP contribution is 2.02. The third-order valence-corrected chi connectivity index (χ3v) is 1.42. The van der Waals surface area contributed by atoms with E-state index < -0.39 is 6.09 Å². The summed E-state index contributed by atoms with van der Waals surface area (Å²) >= 11 is 0. The Morgan fingerprint density at radius 3 is 2.60 bits per heavy atom. The molecule has 0 fully saturated rings. The van der Waals surface area contributed by atoms with Crippen molar-refractivity contribution in [3.63, 3.8) is 0 Å². The molecule has 0 aliphatic rings. The van der Waals surface area contributed by atoms with E-state index in [0.717, 1.165) is 5.57 Å². The summed E-state index contributed by atoms with van der Waals surface area (Å²) in [5.41, 5.74) is 0.893. The molecule has 0 aromatic heterocycles. The first kappa shape index (κ1) is 13.2. The van der Waals surface area contributed by atoms with Gasteiger partial charge in [-0.1, -0.05) is 24.3 Å². The van der Waals surface area contributed by atoms with Crippen LogP contribution in [0.3, 0.4) is 0 Å². The monoisotopic (exact) mass is 207 g/mol. The lowest BCUT2D eigenvalue weighted by Crippen LogP contribution is -2.23. The maximum Gasteiger partial charge on any atom is 0.412 e. The zero-order valence-electron chi connectivity index (χ0n) is 9.25. The Morgan fingerprint density at radius 2 is 2.13 bits per heavy atom. The molecule has 0 aliphatic carbocycles. The summed E-state index contributed by atoms with van der Waals surface area (Å²) in [4.78, 5) is 11.1. The second-order valence-corrected chi connectivity index (χ2v) is 2.93. The molecule has 0 aromatic rings. The van der Waals surface area contributed by atoms with Crippen molar-refractivity contribution in [2.75, 3.05) is 6.54 Å². The zero-order valence-corrected chi connectivity index (χ0v) is 9.25. The van der Waals surface area contributed by atoms with Crippen LogP contribution >= 0.6 is 0 Å². The van der Waals surface area contributed by atoms with Crippen LogP contribution in [0.15, 0.2) is 48.8 Å². The van der Waals surface area contributed by atoms with Crippen molar-refractivity contribution >= 4 is 6.09 Å². The molecule has 0 atom stereocenters. The molecule has 0 saturated heterocycles. The lowest BCUT2D eigenvalue weighted by Gasteiger charge is -2.04. The number of hydrogen-bond donors (Lipinski definition) is 1. The zero-order chi connectivity index (χ0) is 11.7. The van der Waals surface area contributed by atoms with Crippen molar-refractivity contribution in [1.29, 1.82) is 0 Å². The van der Waals surface area contributed by atoms with Gasteiger partial charge in [0.2, 0.25) is 0 Å². The van der Waals surface area contributed by atoms with Crippen LogP contribution < -0.4 is 5.32 Å². The molecule has 0 spiro atoms. The van der Waals surface area contributed by atoms with Crippen LogP contribution in [0, 0.1) is 0 Å². The van der Waals surface area contributed by atoms with E-state index in [0.29, 0.717) is 12.3 Å². The van der Waals surface area contributed by atoms with Gasteiger partial charge in [0.15, 0.2) is 0 Å². The van der Waals surface area contributed by atoms with Gasteiger partial charge < -0.3 is 10.1 Å². The molecular formula is C12H17NO2. The van der Waals surface area contributed by atoms with Gasteiger partial charge in [0.05, 0.1) is 0 Å². The normalized spacial score (nSPS) is 11.2. The Hall–Kier alpha value is -1.77. The minimum Gasteiger partial charge on any atom is -0.411 e. The van der Waals surface area contributed by atoms with Crippen LogP contribution in [0.5, 0.6) is 0 Å². The summed E-state index contributed by atoms with van der Waals surface area (Å²) < 4.78 is 4.99. The molecule has 0 heterocycles. The first-order valence-corrected chi connectivity index (χ1v) is 4.66. The van der Waals surface area contributed by atoms with E-state index >= 15 is 0 Å². The van der Waals surface area contributed by atoms with Crippen molar-refractivity contribution in [2.24, 2.45) is 0 Å². The Labute approximate surface area is 90.8 Å². The fourth-order valence-electron chi connectivity index (χ4n) is 0.712. The summed E-state index contributed by atoms with van der Waals surface area (Å²) in [6, 6.07) is 0. The molecular weight excluding hydrogens is 190 g/mol. The average Bonchev–Trinajstić information content (AvgIpc) is 2.20. The van der Waals surface area contributed by atoms with E-state index in [1.807, 2.05) is 6.92 Å². The molecule has 0 rings (SSSR count). The highest BCUT2D eigenvalue weighted by Gasteiger charge is 2.01. The largest absolute Gasteiger partial charge is 0.412 e. The molecule has 3 nitrogen and oxygen atoms in total. The third-order valence-electron chi connectivity index (χ3n) is 1.42. The first-order chi connectivity index (χ1) is 7.10.